The molecule has 6 heteroatoms. The van der Waals surface area contributed by atoms with Gasteiger partial charge in [-0.15, -0.1) is 0 Å². The third-order valence-corrected chi connectivity index (χ3v) is 7.47. The molecule has 0 spiro atoms. The summed E-state index contributed by atoms with van der Waals surface area (Å²) in [6.07, 6.45) is 8.41. The van der Waals surface area contributed by atoms with Crippen molar-refractivity contribution in [2.75, 3.05) is 58.1 Å². The second-order valence-electron chi connectivity index (χ2n) is 7.97. The van der Waals surface area contributed by atoms with Crippen molar-refractivity contribution in [1.82, 2.24) is 10.2 Å². The Morgan fingerprint density at radius 2 is 1.86 bits per heavy atom. The monoisotopic (exact) mass is 404 g/mol. The molecule has 2 aliphatic heterocycles. The zero-order valence-corrected chi connectivity index (χ0v) is 18.6. The average Bonchev–Trinajstić information content (AvgIpc) is 2.76. The first kappa shape index (κ1) is 21.3. The largest absolute Gasteiger partial charge is 0.381 e. The molecule has 0 atom stereocenters. The van der Waals surface area contributed by atoms with Gasteiger partial charge in [0, 0.05) is 63.9 Å². The van der Waals surface area contributed by atoms with Crippen molar-refractivity contribution in [2.45, 2.75) is 43.4 Å². The number of thioether (sulfide) groups is 1. The molecule has 5 nitrogen and oxygen atoms in total. The molecule has 156 valence electrons. The van der Waals surface area contributed by atoms with Crippen LogP contribution in [0.25, 0.3) is 0 Å². The predicted octanol–water partition coefficient (Wildman–Crippen LogP) is 3.60. The second kappa shape index (κ2) is 10.4. The SMILES string of the molecule is CN=C(NCC1(SC)CCOCC1)N(C)Cc1ccc(N2CCCCC2)cc1. The second-order valence-corrected chi connectivity index (χ2v) is 9.24. The molecule has 1 aromatic rings. The smallest absolute Gasteiger partial charge is 0.193 e. The first-order valence-electron chi connectivity index (χ1n) is 10.5. The highest BCUT2D eigenvalue weighted by atomic mass is 32.2. The van der Waals surface area contributed by atoms with E-state index in [9.17, 15) is 0 Å². The van der Waals surface area contributed by atoms with Crippen LogP contribution in [0.4, 0.5) is 5.69 Å². The van der Waals surface area contributed by atoms with E-state index in [1.54, 1.807) is 0 Å². The third kappa shape index (κ3) is 5.57. The van der Waals surface area contributed by atoms with Crippen LogP contribution in [0.1, 0.15) is 37.7 Å². The van der Waals surface area contributed by atoms with Gasteiger partial charge < -0.3 is 19.9 Å². The van der Waals surface area contributed by atoms with Crippen molar-refractivity contribution in [3.8, 4) is 0 Å². The maximum Gasteiger partial charge on any atom is 0.193 e. The predicted molar refractivity (Wildman–Crippen MR) is 122 cm³/mol. The number of hydrogen-bond acceptors (Lipinski definition) is 4. The van der Waals surface area contributed by atoms with Crippen LogP contribution < -0.4 is 10.2 Å². The van der Waals surface area contributed by atoms with Gasteiger partial charge in [0.15, 0.2) is 5.96 Å². The van der Waals surface area contributed by atoms with Crippen molar-refractivity contribution in [3.63, 3.8) is 0 Å². The van der Waals surface area contributed by atoms with Gasteiger partial charge >= 0.3 is 0 Å². The lowest BCUT2D eigenvalue weighted by Crippen LogP contribution is -2.48. The van der Waals surface area contributed by atoms with Gasteiger partial charge in [0.1, 0.15) is 0 Å². The molecular formula is C22H36N4OS. The van der Waals surface area contributed by atoms with Crippen LogP contribution in [0.15, 0.2) is 29.3 Å². The standard InChI is InChI=1S/C22H36N4OS/c1-23-21(24-18-22(28-3)11-15-27-16-12-22)25(2)17-19-7-9-20(10-8-19)26-13-5-4-6-14-26/h7-10H,4-6,11-18H2,1-3H3,(H,23,24). The zero-order chi connectivity index (χ0) is 19.8. The molecule has 2 fully saturated rings. The Kier molecular flexibility index (Phi) is 7.91. The Morgan fingerprint density at radius 3 is 2.46 bits per heavy atom. The Bertz CT molecular complexity index is 622. The lowest BCUT2D eigenvalue weighted by atomic mass is 9.99. The van der Waals surface area contributed by atoms with Crippen LogP contribution >= 0.6 is 11.8 Å². The fraction of sp³-hybridized carbons (Fsp3) is 0.682. The lowest BCUT2D eigenvalue weighted by molar-refractivity contribution is 0.0781. The van der Waals surface area contributed by atoms with E-state index < -0.39 is 0 Å². The summed E-state index contributed by atoms with van der Waals surface area (Å²) < 4.78 is 5.81. The molecule has 2 heterocycles. The minimum absolute atomic E-state index is 0.255. The van der Waals surface area contributed by atoms with Crippen LogP contribution in [0.2, 0.25) is 0 Å². The van der Waals surface area contributed by atoms with Gasteiger partial charge in [-0.3, -0.25) is 4.99 Å². The summed E-state index contributed by atoms with van der Waals surface area (Å²) in [4.78, 5) is 9.23. The van der Waals surface area contributed by atoms with E-state index in [0.717, 1.165) is 45.1 Å². The average molecular weight is 405 g/mol. The summed E-state index contributed by atoms with van der Waals surface area (Å²) in [7, 11) is 3.98. The summed E-state index contributed by atoms with van der Waals surface area (Å²) in [5.41, 5.74) is 2.67. The van der Waals surface area contributed by atoms with E-state index in [1.807, 2.05) is 18.8 Å². The van der Waals surface area contributed by atoms with Gasteiger partial charge in [0.25, 0.3) is 0 Å². The third-order valence-electron chi connectivity index (χ3n) is 6.06. The van der Waals surface area contributed by atoms with Crippen molar-refractivity contribution in [3.05, 3.63) is 29.8 Å². The maximum absolute atomic E-state index is 5.55. The van der Waals surface area contributed by atoms with Gasteiger partial charge in [-0.05, 0) is 56.1 Å². The van der Waals surface area contributed by atoms with E-state index in [0.29, 0.717) is 0 Å². The van der Waals surface area contributed by atoms with Crippen LogP contribution in [0.3, 0.4) is 0 Å². The van der Waals surface area contributed by atoms with E-state index in [-0.39, 0.29) is 4.75 Å². The number of nitrogens with zero attached hydrogens (tertiary/aromatic N) is 3. The molecule has 0 unspecified atom stereocenters. The normalized spacial score (nSPS) is 20.1. The number of guanidine groups is 1. The number of ether oxygens (including phenoxy) is 1. The molecule has 0 bridgehead atoms. The molecule has 1 N–H and O–H groups in total. The first-order valence-corrected chi connectivity index (χ1v) is 11.8. The van der Waals surface area contributed by atoms with Crippen molar-refractivity contribution in [1.29, 1.82) is 0 Å². The summed E-state index contributed by atoms with van der Waals surface area (Å²) in [6, 6.07) is 9.07. The highest BCUT2D eigenvalue weighted by Gasteiger charge is 2.32. The molecule has 0 amide bonds. The topological polar surface area (TPSA) is 40.1 Å². The van der Waals surface area contributed by atoms with Crippen LogP contribution in [-0.2, 0) is 11.3 Å². The summed E-state index contributed by atoms with van der Waals surface area (Å²) in [5, 5.41) is 3.61. The van der Waals surface area contributed by atoms with Crippen molar-refractivity contribution >= 4 is 23.4 Å². The quantitative estimate of drug-likeness (QED) is 0.579. The van der Waals surface area contributed by atoms with Crippen LogP contribution in [0, 0.1) is 0 Å². The summed E-state index contributed by atoms with van der Waals surface area (Å²) >= 11 is 1.96. The molecule has 28 heavy (non-hydrogen) atoms. The van der Waals surface area contributed by atoms with Crippen LogP contribution in [-0.4, -0.2) is 68.8 Å². The number of benzene rings is 1. The molecule has 0 radical (unpaired) electrons. The Labute approximate surface area is 174 Å². The number of nitrogens with one attached hydrogen (secondary N) is 1. The summed E-state index contributed by atoms with van der Waals surface area (Å²) in [6.45, 7) is 5.90. The molecule has 0 aliphatic carbocycles. The molecular weight excluding hydrogens is 368 g/mol. The van der Waals surface area contributed by atoms with Crippen molar-refractivity contribution in [2.24, 2.45) is 4.99 Å². The first-order chi connectivity index (χ1) is 13.7. The van der Waals surface area contributed by atoms with Gasteiger partial charge in [-0.2, -0.15) is 11.8 Å². The Hall–Kier alpha value is -1.40. The zero-order valence-electron chi connectivity index (χ0n) is 17.7. The molecule has 2 saturated heterocycles. The highest BCUT2D eigenvalue weighted by molar-refractivity contribution is 8.00. The highest BCUT2D eigenvalue weighted by Crippen LogP contribution is 2.33. The lowest BCUT2D eigenvalue weighted by Gasteiger charge is -2.37. The summed E-state index contributed by atoms with van der Waals surface area (Å²) in [5.74, 6) is 0.958. The van der Waals surface area contributed by atoms with Crippen molar-refractivity contribution < 1.29 is 4.74 Å². The molecule has 0 aromatic heterocycles. The van der Waals surface area contributed by atoms with E-state index in [2.05, 4.69) is 57.7 Å². The molecule has 3 rings (SSSR count). The number of piperidine rings is 1. The van der Waals surface area contributed by atoms with Crippen LogP contribution in [0.5, 0.6) is 0 Å². The number of anilines is 1. The van der Waals surface area contributed by atoms with Gasteiger partial charge in [0.2, 0.25) is 0 Å². The Balaban J connectivity index is 1.53. The van der Waals surface area contributed by atoms with E-state index in [4.69, 9.17) is 4.74 Å². The fourth-order valence-corrected chi connectivity index (χ4v) is 4.93. The fourth-order valence-electron chi connectivity index (χ4n) is 4.13. The number of rotatable bonds is 6. The van der Waals surface area contributed by atoms with Gasteiger partial charge in [-0.1, -0.05) is 12.1 Å². The molecule has 0 saturated carbocycles. The maximum atomic E-state index is 5.55. The van der Waals surface area contributed by atoms with E-state index >= 15 is 0 Å². The number of aliphatic imine (C=N–C) groups is 1. The van der Waals surface area contributed by atoms with Gasteiger partial charge in [0.05, 0.1) is 0 Å². The number of hydrogen-bond donors (Lipinski definition) is 1. The Morgan fingerprint density at radius 1 is 1.18 bits per heavy atom. The minimum Gasteiger partial charge on any atom is -0.381 e. The molecule has 1 aromatic carbocycles. The van der Waals surface area contributed by atoms with Gasteiger partial charge in [-0.25, -0.2) is 0 Å². The van der Waals surface area contributed by atoms with E-state index in [1.165, 1.54) is 43.6 Å². The molecule has 2 aliphatic rings. The minimum atomic E-state index is 0.255.